The fourth-order valence-corrected chi connectivity index (χ4v) is 3.53. The van der Waals surface area contributed by atoms with Crippen molar-refractivity contribution in [1.29, 1.82) is 0 Å². The second-order valence-electron chi connectivity index (χ2n) is 7.11. The van der Waals surface area contributed by atoms with Crippen molar-refractivity contribution in [2.45, 2.75) is 12.8 Å². The van der Waals surface area contributed by atoms with Crippen LogP contribution in [0.25, 0.3) is 0 Å². The van der Waals surface area contributed by atoms with Gasteiger partial charge in [0, 0.05) is 13.1 Å². The van der Waals surface area contributed by atoms with Crippen molar-refractivity contribution >= 4 is 40.8 Å². The first-order chi connectivity index (χ1) is 14.8. The number of ether oxygens (including phenoxy) is 1. The molecular formula is C22H21Cl2FN2O4. The minimum atomic E-state index is -1.02. The molecule has 0 aromatic heterocycles. The van der Waals surface area contributed by atoms with E-state index >= 15 is 0 Å². The van der Waals surface area contributed by atoms with Crippen LogP contribution in [0.15, 0.2) is 42.5 Å². The molecule has 9 heteroatoms. The van der Waals surface area contributed by atoms with Crippen molar-refractivity contribution in [1.82, 2.24) is 10.2 Å². The van der Waals surface area contributed by atoms with Crippen molar-refractivity contribution in [2.75, 3.05) is 26.2 Å². The topological polar surface area (TPSA) is 75.7 Å². The number of hydrogen-bond acceptors (Lipinski definition) is 4. The summed E-state index contributed by atoms with van der Waals surface area (Å²) in [6.07, 6.45) is 1.33. The number of hydrogen-bond donors (Lipinski definition) is 1. The van der Waals surface area contributed by atoms with Crippen LogP contribution in [0.4, 0.5) is 4.39 Å². The van der Waals surface area contributed by atoms with E-state index in [1.54, 1.807) is 12.1 Å². The standard InChI is InChI=1S/C22H21Cl2FN2O4/c23-18-8-3-14(12-19(18)24)2-1-9-26-21(29)17-13-27(22(30)20(17)28)10-11-31-16-6-4-15(25)5-7-16/h3-8,12,17H,1-2,9-11,13H2,(H,26,29). The van der Waals surface area contributed by atoms with E-state index in [2.05, 4.69) is 5.32 Å². The molecule has 1 N–H and O–H groups in total. The van der Waals surface area contributed by atoms with Crippen molar-refractivity contribution in [3.8, 4) is 5.75 Å². The molecule has 2 amide bonds. The minimum absolute atomic E-state index is 0.0169. The van der Waals surface area contributed by atoms with Gasteiger partial charge in [-0.25, -0.2) is 4.39 Å². The number of Topliss-reactive ketones (excluding diaryl/α,β-unsaturated/α-hetero) is 1. The number of carbonyl (C=O) groups excluding carboxylic acids is 3. The van der Waals surface area contributed by atoms with Gasteiger partial charge in [-0.3, -0.25) is 14.4 Å². The number of rotatable bonds is 9. The van der Waals surface area contributed by atoms with Gasteiger partial charge >= 0.3 is 0 Å². The highest BCUT2D eigenvalue weighted by Crippen LogP contribution is 2.23. The third-order valence-electron chi connectivity index (χ3n) is 4.90. The van der Waals surface area contributed by atoms with E-state index in [0.29, 0.717) is 35.2 Å². The lowest BCUT2D eigenvalue weighted by molar-refractivity contribution is -0.142. The molecule has 1 saturated heterocycles. The van der Waals surface area contributed by atoms with Gasteiger partial charge in [0.1, 0.15) is 24.1 Å². The highest BCUT2D eigenvalue weighted by molar-refractivity contribution is 6.42. The summed E-state index contributed by atoms with van der Waals surface area (Å²) in [7, 11) is 0. The zero-order valence-corrected chi connectivity index (χ0v) is 18.1. The lowest BCUT2D eigenvalue weighted by Gasteiger charge is -2.16. The smallest absolute Gasteiger partial charge is 0.291 e. The van der Waals surface area contributed by atoms with Gasteiger partial charge in [0.15, 0.2) is 0 Å². The average Bonchev–Trinajstić information content (AvgIpc) is 3.03. The van der Waals surface area contributed by atoms with Crippen LogP contribution in [0.5, 0.6) is 5.75 Å². The number of ketones is 1. The van der Waals surface area contributed by atoms with Crippen LogP contribution >= 0.6 is 23.2 Å². The van der Waals surface area contributed by atoms with Crippen LogP contribution in [0.2, 0.25) is 10.0 Å². The maximum absolute atomic E-state index is 12.9. The van der Waals surface area contributed by atoms with E-state index in [4.69, 9.17) is 27.9 Å². The van der Waals surface area contributed by atoms with E-state index in [0.717, 1.165) is 5.56 Å². The summed E-state index contributed by atoms with van der Waals surface area (Å²) >= 11 is 11.9. The van der Waals surface area contributed by atoms with Crippen LogP contribution in [0.3, 0.4) is 0 Å². The second-order valence-corrected chi connectivity index (χ2v) is 7.93. The van der Waals surface area contributed by atoms with Gasteiger partial charge in [0.05, 0.1) is 16.6 Å². The lowest BCUT2D eigenvalue weighted by atomic mass is 10.1. The SMILES string of the molecule is O=C(NCCCc1ccc(Cl)c(Cl)c1)C1CN(CCOc2ccc(F)cc2)C(=O)C1=O. The van der Waals surface area contributed by atoms with Crippen molar-refractivity contribution in [2.24, 2.45) is 5.92 Å². The van der Waals surface area contributed by atoms with Crippen LogP contribution < -0.4 is 10.1 Å². The predicted molar refractivity (Wildman–Crippen MR) is 115 cm³/mol. The molecule has 1 atom stereocenters. The van der Waals surface area contributed by atoms with Gasteiger partial charge in [0.25, 0.3) is 5.91 Å². The summed E-state index contributed by atoms with van der Waals surface area (Å²) in [5.41, 5.74) is 0.989. The molecule has 1 aliphatic heterocycles. The number of carbonyl (C=O) groups is 3. The number of nitrogens with zero attached hydrogens (tertiary/aromatic N) is 1. The van der Waals surface area contributed by atoms with E-state index in [9.17, 15) is 18.8 Å². The Morgan fingerprint density at radius 3 is 2.58 bits per heavy atom. The Hall–Kier alpha value is -2.64. The van der Waals surface area contributed by atoms with Crippen LogP contribution in [0, 0.1) is 11.7 Å². The Labute approximate surface area is 189 Å². The first-order valence-electron chi connectivity index (χ1n) is 9.78. The summed E-state index contributed by atoms with van der Waals surface area (Å²) in [6, 6.07) is 10.8. The van der Waals surface area contributed by atoms with Crippen molar-refractivity contribution in [3.63, 3.8) is 0 Å². The zero-order chi connectivity index (χ0) is 22.4. The summed E-state index contributed by atoms with van der Waals surface area (Å²) in [4.78, 5) is 38.0. The molecule has 0 saturated carbocycles. The molecule has 1 heterocycles. The fraction of sp³-hybridized carbons (Fsp3) is 0.318. The molecule has 1 aliphatic rings. The van der Waals surface area contributed by atoms with Crippen LogP contribution in [0.1, 0.15) is 12.0 Å². The molecule has 1 fully saturated rings. The van der Waals surface area contributed by atoms with Crippen molar-refractivity contribution in [3.05, 3.63) is 63.9 Å². The van der Waals surface area contributed by atoms with E-state index in [1.165, 1.54) is 29.2 Å². The molecule has 0 spiro atoms. The number of aryl methyl sites for hydroxylation is 1. The predicted octanol–water partition coefficient (Wildman–Crippen LogP) is 3.29. The van der Waals surface area contributed by atoms with E-state index < -0.39 is 23.5 Å². The summed E-state index contributed by atoms with van der Waals surface area (Å²) < 4.78 is 18.4. The Balaban J connectivity index is 1.41. The molecule has 31 heavy (non-hydrogen) atoms. The largest absolute Gasteiger partial charge is 0.492 e. The molecule has 164 valence electrons. The summed E-state index contributed by atoms with van der Waals surface area (Å²) in [5.74, 6) is -2.82. The van der Waals surface area contributed by atoms with E-state index in [1.807, 2.05) is 6.07 Å². The van der Waals surface area contributed by atoms with Gasteiger partial charge in [-0.1, -0.05) is 29.3 Å². The van der Waals surface area contributed by atoms with Crippen LogP contribution in [-0.4, -0.2) is 48.7 Å². The maximum Gasteiger partial charge on any atom is 0.291 e. The zero-order valence-electron chi connectivity index (χ0n) is 16.6. The number of nitrogens with one attached hydrogen (secondary N) is 1. The van der Waals surface area contributed by atoms with Gasteiger partial charge in [0.2, 0.25) is 11.7 Å². The highest BCUT2D eigenvalue weighted by atomic mass is 35.5. The van der Waals surface area contributed by atoms with Gasteiger partial charge in [-0.2, -0.15) is 0 Å². The normalized spacial score (nSPS) is 16.0. The van der Waals surface area contributed by atoms with Crippen molar-refractivity contribution < 1.29 is 23.5 Å². The molecule has 0 radical (unpaired) electrons. The quantitative estimate of drug-likeness (QED) is 0.349. The fourth-order valence-electron chi connectivity index (χ4n) is 3.21. The Kier molecular flexibility index (Phi) is 7.87. The number of likely N-dealkylation sites (tertiary alicyclic amines) is 1. The molecule has 6 nitrogen and oxygen atoms in total. The third-order valence-corrected chi connectivity index (χ3v) is 5.64. The Morgan fingerprint density at radius 2 is 1.87 bits per heavy atom. The van der Waals surface area contributed by atoms with Gasteiger partial charge in [-0.05, 0) is 54.8 Å². The third kappa shape index (κ3) is 6.18. The number of benzene rings is 2. The summed E-state index contributed by atoms with van der Waals surface area (Å²) in [5, 5.41) is 3.67. The van der Waals surface area contributed by atoms with E-state index in [-0.39, 0.29) is 25.5 Å². The number of amides is 2. The second kappa shape index (κ2) is 10.6. The first-order valence-corrected chi connectivity index (χ1v) is 10.5. The molecule has 0 aliphatic carbocycles. The minimum Gasteiger partial charge on any atom is -0.492 e. The Bertz CT molecular complexity index is 968. The highest BCUT2D eigenvalue weighted by Gasteiger charge is 2.42. The lowest BCUT2D eigenvalue weighted by Crippen LogP contribution is -2.36. The molecule has 2 aromatic carbocycles. The summed E-state index contributed by atoms with van der Waals surface area (Å²) in [6.45, 7) is 0.666. The van der Waals surface area contributed by atoms with Gasteiger partial charge < -0.3 is 15.0 Å². The van der Waals surface area contributed by atoms with Crippen LogP contribution in [-0.2, 0) is 20.8 Å². The average molecular weight is 467 g/mol. The molecule has 3 rings (SSSR count). The Morgan fingerprint density at radius 1 is 1.13 bits per heavy atom. The van der Waals surface area contributed by atoms with Gasteiger partial charge in [-0.15, -0.1) is 0 Å². The maximum atomic E-state index is 12.9. The molecule has 0 bridgehead atoms. The molecule has 1 unspecified atom stereocenters. The molecular weight excluding hydrogens is 446 g/mol. The molecule has 2 aromatic rings. The first kappa shape index (κ1) is 23.0. The number of halogens is 3. The monoisotopic (exact) mass is 466 g/mol.